The zero-order chi connectivity index (χ0) is 15.0. The summed E-state index contributed by atoms with van der Waals surface area (Å²) in [6, 6.07) is 5.48. The molecule has 20 heavy (non-hydrogen) atoms. The van der Waals surface area contributed by atoms with Crippen molar-refractivity contribution < 1.29 is 9.84 Å². The van der Waals surface area contributed by atoms with Crippen LogP contribution < -0.4 is 10.1 Å². The normalized spacial score (nSPS) is 11.6. The van der Waals surface area contributed by atoms with Crippen molar-refractivity contribution in [2.75, 3.05) is 13.7 Å². The van der Waals surface area contributed by atoms with Gasteiger partial charge in [0.15, 0.2) is 11.5 Å². The number of methoxy groups -OCH3 is 1. The van der Waals surface area contributed by atoms with Crippen LogP contribution in [0.25, 0.3) is 0 Å². The Morgan fingerprint density at radius 1 is 1.25 bits per heavy atom. The van der Waals surface area contributed by atoms with Crippen molar-refractivity contribution in [2.45, 2.75) is 53.0 Å². The molecule has 1 aromatic rings. The number of phenolic OH excluding ortho intramolecular Hbond substituents is 1. The Hall–Kier alpha value is -1.22. The van der Waals surface area contributed by atoms with Gasteiger partial charge >= 0.3 is 0 Å². The summed E-state index contributed by atoms with van der Waals surface area (Å²) in [7, 11) is 1.57. The van der Waals surface area contributed by atoms with Crippen molar-refractivity contribution in [3.8, 4) is 11.5 Å². The summed E-state index contributed by atoms with van der Waals surface area (Å²) in [5, 5.41) is 13.0. The van der Waals surface area contributed by atoms with Gasteiger partial charge in [-0.05, 0) is 42.5 Å². The molecule has 1 aromatic carbocycles. The lowest BCUT2D eigenvalue weighted by molar-refractivity contribution is 0.264. The van der Waals surface area contributed by atoms with Gasteiger partial charge in [-0.25, -0.2) is 0 Å². The number of benzene rings is 1. The van der Waals surface area contributed by atoms with E-state index in [9.17, 15) is 5.11 Å². The number of ether oxygens (including phenoxy) is 1. The molecule has 0 aromatic heterocycles. The topological polar surface area (TPSA) is 41.5 Å². The first-order valence-corrected chi connectivity index (χ1v) is 7.61. The van der Waals surface area contributed by atoms with Crippen molar-refractivity contribution in [1.29, 1.82) is 0 Å². The lowest BCUT2D eigenvalue weighted by atomic mass is 9.80. The molecule has 0 atom stereocenters. The highest BCUT2D eigenvalue weighted by atomic mass is 16.5. The Kier molecular flexibility index (Phi) is 6.86. The van der Waals surface area contributed by atoms with Crippen LogP contribution >= 0.6 is 0 Å². The molecule has 0 saturated heterocycles. The minimum absolute atomic E-state index is 0.193. The van der Waals surface area contributed by atoms with E-state index >= 15 is 0 Å². The number of hydrogen-bond acceptors (Lipinski definition) is 3. The summed E-state index contributed by atoms with van der Waals surface area (Å²) in [6.07, 6.45) is 4.97. The van der Waals surface area contributed by atoms with Gasteiger partial charge in [0.25, 0.3) is 0 Å². The van der Waals surface area contributed by atoms with Crippen LogP contribution in [0.4, 0.5) is 0 Å². The molecule has 114 valence electrons. The molecule has 3 heteroatoms. The zero-order valence-corrected chi connectivity index (χ0v) is 13.3. The van der Waals surface area contributed by atoms with Crippen LogP contribution in [-0.4, -0.2) is 18.8 Å². The third kappa shape index (κ3) is 5.04. The van der Waals surface area contributed by atoms with Crippen molar-refractivity contribution in [1.82, 2.24) is 5.32 Å². The molecule has 0 aliphatic rings. The maximum absolute atomic E-state index is 9.54. The molecule has 0 fully saturated rings. The second-order valence-corrected chi connectivity index (χ2v) is 5.80. The lowest BCUT2D eigenvalue weighted by Crippen LogP contribution is -2.19. The Bertz CT molecular complexity index is 400. The molecule has 0 amide bonds. The number of hydrogen-bond donors (Lipinski definition) is 2. The highest BCUT2D eigenvalue weighted by Gasteiger charge is 2.18. The predicted octanol–water partition coefficient (Wildman–Crippen LogP) is 4.10. The van der Waals surface area contributed by atoms with E-state index in [1.54, 1.807) is 13.2 Å². The van der Waals surface area contributed by atoms with Crippen LogP contribution in [0.5, 0.6) is 11.5 Å². The van der Waals surface area contributed by atoms with Crippen LogP contribution in [0.15, 0.2) is 18.2 Å². The number of aromatic hydroxyl groups is 1. The zero-order valence-electron chi connectivity index (χ0n) is 13.3. The predicted molar refractivity (Wildman–Crippen MR) is 84.3 cm³/mol. The maximum atomic E-state index is 9.54. The average Bonchev–Trinajstić information content (AvgIpc) is 2.48. The van der Waals surface area contributed by atoms with Crippen LogP contribution in [-0.2, 0) is 6.54 Å². The van der Waals surface area contributed by atoms with E-state index in [-0.39, 0.29) is 5.75 Å². The van der Waals surface area contributed by atoms with Gasteiger partial charge in [-0.15, -0.1) is 0 Å². The van der Waals surface area contributed by atoms with Crippen molar-refractivity contribution in [3.05, 3.63) is 23.8 Å². The van der Waals surface area contributed by atoms with Crippen LogP contribution in [0.2, 0.25) is 0 Å². The van der Waals surface area contributed by atoms with Crippen LogP contribution in [0.3, 0.4) is 0 Å². The fourth-order valence-corrected chi connectivity index (χ4v) is 2.31. The molecular formula is C17H29NO2. The summed E-state index contributed by atoms with van der Waals surface area (Å²) in [5.74, 6) is 0.728. The second-order valence-electron chi connectivity index (χ2n) is 5.80. The molecule has 0 radical (unpaired) electrons. The van der Waals surface area contributed by atoms with E-state index in [1.165, 1.54) is 25.7 Å². The van der Waals surface area contributed by atoms with E-state index < -0.39 is 0 Å². The highest BCUT2D eigenvalue weighted by Crippen LogP contribution is 2.30. The Balaban J connectivity index is 2.31. The smallest absolute Gasteiger partial charge is 0.160 e. The van der Waals surface area contributed by atoms with Crippen molar-refractivity contribution in [2.24, 2.45) is 5.41 Å². The first-order valence-electron chi connectivity index (χ1n) is 7.61. The van der Waals surface area contributed by atoms with Crippen molar-refractivity contribution >= 4 is 0 Å². The summed E-state index contributed by atoms with van der Waals surface area (Å²) in [4.78, 5) is 0. The van der Waals surface area contributed by atoms with Gasteiger partial charge < -0.3 is 15.2 Å². The third-order valence-electron chi connectivity index (χ3n) is 4.41. The molecule has 0 heterocycles. The van der Waals surface area contributed by atoms with Crippen LogP contribution in [0.1, 0.15) is 52.0 Å². The van der Waals surface area contributed by atoms with E-state index in [1.807, 2.05) is 12.1 Å². The highest BCUT2D eigenvalue weighted by molar-refractivity contribution is 5.41. The fourth-order valence-electron chi connectivity index (χ4n) is 2.31. The van der Waals surface area contributed by atoms with Crippen molar-refractivity contribution in [3.63, 3.8) is 0 Å². The summed E-state index contributed by atoms with van der Waals surface area (Å²) < 4.78 is 5.11. The minimum Gasteiger partial charge on any atom is -0.504 e. The molecule has 0 spiro atoms. The maximum Gasteiger partial charge on any atom is 0.160 e. The van der Waals surface area contributed by atoms with Gasteiger partial charge in [0, 0.05) is 6.54 Å². The molecule has 2 N–H and O–H groups in total. The van der Waals surface area contributed by atoms with Gasteiger partial charge in [-0.3, -0.25) is 0 Å². The largest absolute Gasteiger partial charge is 0.504 e. The molecule has 0 aliphatic carbocycles. The number of phenols is 1. The standard InChI is InChI=1S/C17H29NO2/c1-5-17(3,6-2)10-7-11-18-13-14-8-9-15(19)16(12-14)20-4/h8-9,12,18-19H,5-7,10-11,13H2,1-4H3. The quantitative estimate of drug-likeness (QED) is 0.669. The third-order valence-corrected chi connectivity index (χ3v) is 4.41. The number of rotatable bonds is 9. The Labute approximate surface area is 123 Å². The van der Waals surface area contributed by atoms with Crippen LogP contribution in [0, 0.1) is 5.41 Å². The van der Waals surface area contributed by atoms with Gasteiger partial charge in [-0.1, -0.05) is 39.7 Å². The lowest BCUT2D eigenvalue weighted by Gasteiger charge is -2.26. The average molecular weight is 279 g/mol. The van der Waals surface area contributed by atoms with Gasteiger partial charge in [0.1, 0.15) is 0 Å². The van der Waals surface area contributed by atoms with E-state index in [4.69, 9.17) is 4.74 Å². The minimum atomic E-state index is 0.193. The van der Waals surface area contributed by atoms with E-state index in [2.05, 4.69) is 26.1 Å². The SMILES string of the molecule is CCC(C)(CC)CCCNCc1ccc(O)c(OC)c1. The number of nitrogens with one attached hydrogen (secondary N) is 1. The molecule has 3 nitrogen and oxygen atoms in total. The molecule has 0 bridgehead atoms. The molecular weight excluding hydrogens is 250 g/mol. The van der Waals surface area contributed by atoms with Gasteiger partial charge in [0.2, 0.25) is 0 Å². The summed E-state index contributed by atoms with van der Waals surface area (Å²) in [5.41, 5.74) is 1.62. The summed E-state index contributed by atoms with van der Waals surface area (Å²) >= 11 is 0. The first-order chi connectivity index (χ1) is 9.54. The van der Waals surface area contributed by atoms with E-state index in [0.29, 0.717) is 11.2 Å². The van der Waals surface area contributed by atoms with E-state index in [0.717, 1.165) is 18.7 Å². The molecule has 1 rings (SSSR count). The molecule has 0 aliphatic heterocycles. The first kappa shape index (κ1) is 16.8. The van der Waals surface area contributed by atoms with Gasteiger partial charge in [-0.2, -0.15) is 0 Å². The Morgan fingerprint density at radius 2 is 1.95 bits per heavy atom. The van der Waals surface area contributed by atoms with Gasteiger partial charge in [0.05, 0.1) is 7.11 Å². The fraction of sp³-hybridized carbons (Fsp3) is 0.647. The monoisotopic (exact) mass is 279 g/mol. The molecule has 0 unspecified atom stereocenters. The summed E-state index contributed by atoms with van der Waals surface area (Å²) in [6.45, 7) is 8.77. The Morgan fingerprint density at radius 3 is 2.55 bits per heavy atom. The second kappa shape index (κ2) is 8.15. The molecule has 0 saturated carbocycles.